The Kier molecular flexibility index (Phi) is 6.43. The van der Waals surface area contributed by atoms with Crippen LogP contribution in [0.3, 0.4) is 0 Å². The second-order valence-electron chi connectivity index (χ2n) is 7.26. The highest BCUT2D eigenvalue weighted by molar-refractivity contribution is 5.08. The van der Waals surface area contributed by atoms with Crippen molar-refractivity contribution in [3.63, 3.8) is 0 Å². The van der Waals surface area contributed by atoms with Crippen molar-refractivity contribution in [2.24, 2.45) is 5.92 Å². The van der Waals surface area contributed by atoms with Gasteiger partial charge in [-0.1, -0.05) is 25.3 Å². The lowest BCUT2D eigenvalue weighted by molar-refractivity contribution is 0.0400. The van der Waals surface area contributed by atoms with E-state index in [1.165, 1.54) is 44.2 Å². The van der Waals surface area contributed by atoms with Gasteiger partial charge in [0.15, 0.2) is 0 Å². The standard InChI is InChI=1S/C19H31N3O/c23-12-8-19-16-21(14-18-7-4-9-20-13-18)10-11-22(19)15-17-5-2-1-3-6-17/h4,7,9,13,17,19,23H,1-3,5-6,8,10-12,14-16H2. The Hall–Kier alpha value is -0.970. The highest BCUT2D eigenvalue weighted by Crippen LogP contribution is 2.26. The number of pyridine rings is 1. The zero-order valence-electron chi connectivity index (χ0n) is 14.2. The van der Waals surface area contributed by atoms with Gasteiger partial charge in [0.25, 0.3) is 0 Å². The lowest BCUT2D eigenvalue weighted by atomic mass is 9.88. The molecule has 0 amide bonds. The number of aliphatic hydroxyl groups excluding tert-OH is 1. The predicted octanol–water partition coefficient (Wildman–Crippen LogP) is 2.53. The van der Waals surface area contributed by atoms with Crippen LogP contribution in [0, 0.1) is 5.92 Å². The van der Waals surface area contributed by atoms with Crippen molar-refractivity contribution in [2.45, 2.75) is 51.1 Å². The maximum absolute atomic E-state index is 9.46. The molecule has 1 atom stereocenters. The Morgan fingerprint density at radius 1 is 1.17 bits per heavy atom. The van der Waals surface area contributed by atoms with Crippen LogP contribution < -0.4 is 0 Å². The van der Waals surface area contributed by atoms with Crippen LogP contribution in [-0.2, 0) is 6.54 Å². The van der Waals surface area contributed by atoms with Crippen molar-refractivity contribution < 1.29 is 5.11 Å². The van der Waals surface area contributed by atoms with Gasteiger partial charge in [-0.05, 0) is 36.8 Å². The van der Waals surface area contributed by atoms with E-state index in [0.29, 0.717) is 12.6 Å². The van der Waals surface area contributed by atoms with E-state index in [2.05, 4.69) is 20.9 Å². The molecular formula is C19H31N3O. The lowest BCUT2D eigenvalue weighted by Crippen LogP contribution is -2.54. The zero-order chi connectivity index (χ0) is 15.9. The summed E-state index contributed by atoms with van der Waals surface area (Å²) >= 11 is 0. The molecule has 1 saturated carbocycles. The van der Waals surface area contributed by atoms with E-state index < -0.39 is 0 Å². The zero-order valence-corrected chi connectivity index (χ0v) is 14.2. The minimum Gasteiger partial charge on any atom is -0.396 e. The first-order chi connectivity index (χ1) is 11.3. The van der Waals surface area contributed by atoms with E-state index in [1.807, 2.05) is 18.5 Å². The van der Waals surface area contributed by atoms with Crippen molar-refractivity contribution in [2.75, 3.05) is 32.8 Å². The van der Waals surface area contributed by atoms with Crippen LogP contribution in [0.2, 0.25) is 0 Å². The van der Waals surface area contributed by atoms with E-state index in [9.17, 15) is 5.11 Å². The van der Waals surface area contributed by atoms with Gasteiger partial charge in [-0.15, -0.1) is 0 Å². The van der Waals surface area contributed by atoms with E-state index in [4.69, 9.17) is 0 Å². The number of hydrogen-bond acceptors (Lipinski definition) is 4. The Balaban J connectivity index is 1.54. The minimum absolute atomic E-state index is 0.298. The number of aromatic nitrogens is 1. The monoisotopic (exact) mass is 317 g/mol. The molecule has 2 fully saturated rings. The molecule has 1 N–H and O–H groups in total. The largest absolute Gasteiger partial charge is 0.396 e. The van der Waals surface area contributed by atoms with Gasteiger partial charge in [-0.2, -0.15) is 0 Å². The average molecular weight is 317 g/mol. The van der Waals surface area contributed by atoms with Crippen molar-refractivity contribution in [3.05, 3.63) is 30.1 Å². The molecule has 1 aromatic heterocycles. The summed E-state index contributed by atoms with van der Waals surface area (Å²) in [5.41, 5.74) is 1.29. The molecule has 0 radical (unpaired) electrons. The predicted molar refractivity (Wildman–Crippen MR) is 93.2 cm³/mol. The maximum atomic E-state index is 9.46. The summed E-state index contributed by atoms with van der Waals surface area (Å²) < 4.78 is 0. The summed E-state index contributed by atoms with van der Waals surface area (Å²) in [6, 6.07) is 4.68. The number of aliphatic hydroxyl groups is 1. The van der Waals surface area contributed by atoms with E-state index in [0.717, 1.165) is 38.5 Å². The van der Waals surface area contributed by atoms with Crippen molar-refractivity contribution in [3.8, 4) is 0 Å². The fraction of sp³-hybridized carbons (Fsp3) is 0.737. The average Bonchev–Trinajstić information content (AvgIpc) is 2.59. The Bertz CT molecular complexity index is 447. The topological polar surface area (TPSA) is 39.6 Å². The van der Waals surface area contributed by atoms with Crippen LogP contribution in [-0.4, -0.2) is 58.7 Å². The summed E-state index contributed by atoms with van der Waals surface area (Å²) in [4.78, 5) is 9.40. The molecule has 3 rings (SSSR count). The van der Waals surface area contributed by atoms with Gasteiger partial charge >= 0.3 is 0 Å². The molecule has 23 heavy (non-hydrogen) atoms. The van der Waals surface area contributed by atoms with Crippen molar-refractivity contribution >= 4 is 0 Å². The van der Waals surface area contributed by atoms with Crippen molar-refractivity contribution in [1.29, 1.82) is 0 Å². The van der Waals surface area contributed by atoms with Gasteiger partial charge in [0.2, 0.25) is 0 Å². The molecule has 1 aromatic rings. The fourth-order valence-corrected chi connectivity index (χ4v) is 4.22. The molecule has 4 nitrogen and oxygen atoms in total. The van der Waals surface area contributed by atoms with Crippen LogP contribution >= 0.6 is 0 Å². The second-order valence-corrected chi connectivity index (χ2v) is 7.26. The van der Waals surface area contributed by atoms with Gasteiger partial charge in [-0.3, -0.25) is 14.8 Å². The van der Waals surface area contributed by atoms with Crippen LogP contribution in [0.5, 0.6) is 0 Å². The number of rotatable bonds is 6. The first kappa shape index (κ1) is 16.9. The Labute approximate surface area is 140 Å². The molecule has 0 spiro atoms. The molecule has 128 valence electrons. The highest BCUT2D eigenvalue weighted by Gasteiger charge is 2.28. The molecule has 1 aliphatic carbocycles. The summed E-state index contributed by atoms with van der Waals surface area (Å²) in [6.07, 6.45) is 11.8. The third-order valence-electron chi connectivity index (χ3n) is 5.50. The van der Waals surface area contributed by atoms with E-state index in [1.54, 1.807) is 0 Å². The first-order valence-corrected chi connectivity index (χ1v) is 9.31. The number of hydrogen-bond donors (Lipinski definition) is 1. The third kappa shape index (κ3) is 5.00. The second kappa shape index (κ2) is 8.76. The molecule has 0 bridgehead atoms. The van der Waals surface area contributed by atoms with Crippen LogP contribution in [0.1, 0.15) is 44.1 Å². The van der Waals surface area contributed by atoms with Crippen LogP contribution in [0.25, 0.3) is 0 Å². The molecule has 1 unspecified atom stereocenters. The Morgan fingerprint density at radius 3 is 2.78 bits per heavy atom. The van der Waals surface area contributed by atoms with Gasteiger partial charge in [-0.25, -0.2) is 0 Å². The third-order valence-corrected chi connectivity index (χ3v) is 5.50. The summed E-state index contributed by atoms with van der Waals surface area (Å²) in [7, 11) is 0. The molecule has 1 aliphatic heterocycles. The van der Waals surface area contributed by atoms with Gasteiger partial charge in [0.1, 0.15) is 0 Å². The normalized spacial score (nSPS) is 24.8. The lowest BCUT2D eigenvalue weighted by Gasteiger charge is -2.43. The van der Waals surface area contributed by atoms with Crippen molar-refractivity contribution in [1.82, 2.24) is 14.8 Å². The molecule has 1 saturated heterocycles. The molecule has 4 heteroatoms. The van der Waals surface area contributed by atoms with E-state index in [-0.39, 0.29) is 0 Å². The van der Waals surface area contributed by atoms with Gasteiger partial charge in [0, 0.05) is 57.8 Å². The highest BCUT2D eigenvalue weighted by atomic mass is 16.3. The smallest absolute Gasteiger partial charge is 0.0446 e. The van der Waals surface area contributed by atoms with Gasteiger partial charge in [0.05, 0.1) is 0 Å². The minimum atomic E-state index is 0.298. The quantitative estimate of drug-likeness (QED) is 0.875. The molecule has 0 aromatic carbocycles. The van der Waals surface area contributed by atoms with Crippen LogP contribution in [0.4, 0.5) is 0 Å². The summed E-state index contributed by atoms with van der Waals surface area (Å²) in [5, 5.41) is 9.46. The first-order valence-electron chi connectivity index (χ1n) is 9.31. The molecule has 2 heterocycles. The number of piperazine rings is 1. The summed E-state index contributed by atoms with van der Waals surface area (Å²) in [5.74, 6) is 0.884. The van der Waals surface area contributed by atoms with E-state index >= 15 is 0 Å². The molecule has 2 aliphatic rings. The summed E-state index contributed by atoms with van der Waals surface area (Å²) in [6.45, 7) is 5.86. The maximum Gasteiger partial charge on any atom is 0.0446 e. The SMILES string of the molecule is OCCC1CN(Cc2cccnc2)CCN1CC1CCCCC1. The molecular weight excluding hydrogens is 286 g/mol. The van der Waals surface area contributed by atoms with Gasteiger partial charge < -0.3 is 5.11 Å². The fourth-order valence-electron chi connectivity index (χ4n) is 4.22. The van der Waals surface area contributed by atoms with Crippen LogP contribution in [0.15, 0.2) is 24.5 Å². The Morgan fingerprint density at radius 2 is 2.04 bits per heavy atom. The number of nitrogens with zero attached hydrogens (tertiary/aromatic N) is 3.